The molecule has 6 nitrogen and oxygen atoms in total. The first-order valence-corrected chi connectivity index (χ1v) is 11.0. The van der Waals surface area contributed by atoms with Crippen molar-refractivity contribution in [1.29, 1.82) is 0 Å². The van der Waals surface area contributed by atoms with Crippen LogP contribution in [-0.4, -0.2) is 46.8 Å². The number of amides is 1. The smallest absolute Gasteiger partial charge is 0.272 e. The molecule has 0 spiro atoms. The lowest BCUT2D eigenvalue weighted by Gasteiger charge is -2.36. The minimum Gasteiger partial charge on any atom is -0.463 e. The molecule has 4 aromatic rings. The van der Waals surface area contributed by atoms with E-state index < -0.39 is 0 Å². The van der Waals surface area contributed by atoms with Crippen molar-refractivity contribution in [2.24, 2.45) is 0 Å². The predicted molar refractivity (Wildman–Crippen MR) is 126 cm³/mol. The van der Waals surface area contributed by atoms with Gasteiger partial charge < -0.3 is 14.2 Å². The van der Waals surface area contributed by atoms with Gasteiger partial charge in [-0.05, 0) is 42.5 Å². The Kier molecular flexibility index (Phi) is 5.64. The monoisotopic (exact) mass is 466 g/mol. The Morgan fingerprint density at radius 3 is 2.44 bits per heavy atom. The molecule has 162 valence electrons. The number of hydrogen-bond donors (Lipinski definition) is 0. The molecule has 3 heterocycles. The standard InChI is InChI=1S/C24H20Cl2N4O2/c25-17-5-3-6-18(15-17)28-10-12-29(13-11-28)24(31)22-16-20(23-9-4-14-32-23)27-30(22)21-8-2-1-7-19(21)26/h1-9,14-16H,10-13H2. The number of aromatic nitrogens is 2. The molecule has 1 saturated heterocycles. The van der Waals surface area contributed by atoms with Crippen LogP contribution >= 0.6 is 23.2 Å². The zero-order valence-electron chi connectivity index (χ0n) is 17.1. The molecule has 0 aliphatic carbocycles. The first-order valence-electron chi connectivity index (χ1n) is 10.3. The van der Waals surface area contributed by atoms with Gasteiger partial charge >= 0.3 is 0 Å². The van der Waals surface area contributed by atoms with Crippen LogP contribution in [-0.2, 0) is 0 Å². The lowest BCUT2D eigenvalue weighted by Crippen LogP contribution is -2.49. The Hall–Kier alpha value is -3.22. The number of carbonyl (C=O) groups excluding carboxylic acids is 1. The minimum atomic E-state index is -0.0963. The summed E-state index contributed by atoms with van der Waals surface area (Å²) in [6.07, 6.45) is 1.58. The van der Waals surface area contributed by atoms with Gasteiger partial charge in [0.1, 0.15) is 11.4 Å². The van der Waals surface area contributed by atoms with Gasteiger partial charge in [-0.2, -0.15) is 5.10 Å². The number of benzene rings is 2. The molecule has 0 saturated carbocycles. The van der Waals surface area contributed by atoms with Crippen LogP contribution in [0.15, 0.2) is 77.4 Å². The average molecular weight is 467 g/mol. The molecular formula is C24H20Cl2N4O2. The second kappa shape index (κ2) is 8.73. The number of nitrogens with zero attached hydrogens (tertiary/aromatic N) is 4. The fourth-order valence-corrected chi connectivity index (χ4v) is 4.29. The van der Waals surface area contributed by atoms with Gasteiger partial charge in [-0.25, -0.2) is 4.68 Å². The summed E-state index contributed by atoms with van der Waals surface area (Å²) in [4.78, 5) is 17.6. The van der Waals surface area contributed by atoms with Gasteiger partial charge in [0.25, 0.3) is 5.91 Å². The molecular weight excluding hydrogens is 447 g/mol. The first kappa shape index (κ1) is 20.7. The largest absolute Gasteiger partial charge is 0.463 e. The lowest BCUT2D eigenvalue weighted by atomic mass is 10.2. The number of piperazine rings is 1. The zero-order chi connectivity index (χ0) is 22.1. The number of furan rings is 1. The number of anilines is 1. The van der Waals surface area contributed by atoms with Crippen LogP contribution in [0.3, 0.4) is 0 Å². The van der Waals surface area contributed by atoms with E-state index in [4.69, 9.17) is 27.6 Å². The Morgan fingerprint density at radius 1 is 0.906 bits per heavy atom. The van der Waals surface area contributed by atoms with Crippen LogP contribution < -0.4 is 4.90 Å². The van der Waals surface area contributed by atoms with Crippen molar-refractivity contribution in [3.8, 4) is 17.1 Å². The van der Waals surface area contributed by atoms with E-state index in [0.717, 1.165) is 18.8 Å². The van der Waals surface area contributed by atoms with Gasteiger partial charge in [0.05, 0.1) is 17.0 Å². The van der Waals surface area contributed by atoms with E-state index in [1.54, 1.807) is 29.1 Å². The molecule has 2 aromatic carbocycles. The third-order valence-corrected chi connectivity index (χ3v) is 6.08. The highest BCUT2D eigenvalue weighted by Crippen LogP contribution is 2.27. The molecule has 0 unspecified atom stereocenters. The van der Waals surface area contributed by atoms with Crippen LogP contribution in [0, 0.1) is 0 Å². The van der Waals surface area contributed by atoms with Gasteiger partial charge in [-0.15, -0.1) is 0 Å². The van der Waals surface area contributed by atoms with Crippen molar-refractivity contribution in [2.45, 2.75) is 0 Å². The van der Waals surface area contributed by atoms with E-state index in [2.05, 4.69) is 10.00 Å². The quantitative estimate of drug-likeness (QED) is 0.403. The fraction of sp³-hybridized carbons (Fsp3) is 0.167. The number of para-hydroxylation sites is 1. The Labute approximate surface area is 195 Å². The van der Waals surface area contributed by atoms with Gasteiger partial charge in [-0.1, -0.05) is 41.4 Å². The maximum atomic E-state index is 13.5. The predicted octanol–water partition coefficient (Wildman–Crippen LogP) is 5.40. The van der Waals surface area contributed by atoms with Crippen molar-refractivity contribution in [2.75, 3.05) is 31.1 Å². The van der Waals surface area contributed by atoms with Crippen LogP contribution in [0.5, 0.6) is 0 Å². The molecule has 1 amide bonds. The highest BCUT2D eigenvalue weighted by atomic mass is 35.5. The summed E-state index contributed by atoms with van der Waals surface area (Å²) in [5, 5.41) is 5.86. The van der Waals surface area contributed by atoms with Gasteiger partial charge in [0.15, 0.2) is 5.76 Å². The molecule has 0 radical (unpaired) electrons. The fourth-order valence-electron chi connectivity index (χ4n) is 3.89. The summed E-state index contributed by atoms with van der Waals surface area (Å²) in [5.74, 6) is 0.497. The van der Waals surface area contributed by atoms with E-state index in [9.17, 15) is 4.79 Å². The second-order valence-electron chi connectivity index (χ2n) is 7.51. The summed E-state index contributed by atoms with van der Waals surface area (Å²) < 4.78 is 7.10. The molecule has 32 heavy (non-hydrogen) atoms. The van der Waals surface area contributed by atoms with Crippen molar-refractivity contribution in [3.05, 3.63) is 88.7 Å². The summed E-state index contributed by atoms with van der Waals surface area (Å²) in [7, 11) is 0. The van der Waals surface area contributed by atoms with Crippen molar-refractivity contribution in [1.82, 2.24) is 14.7 Å². The van der Waals surface area contributed by atoms with Crippen molar-refractivity contribution < 1.29 is 9.21 Å². The topological polar surface area (TPSA) is 54.5 Å². The molecule has 0 N–H and O–H groups in total. The van der Waals surface area contributed by atoms with Crippen molar-refractivity contribution >= 4 is 34.8 Å². The highest BCUT2D eigenvalue weighted by Gasteiger charge is 2.27. The molecule has 1 aliphatic heterocycles. The van der Waals surface area contributed by atoms with Gasteiger partial charge in [0, 0.05) is 43.0 Å². The lowest BCUT2D eigenvalue weighted by molar-refractivity contribution is 0.0737. The molecule has 0 atom stereocenters. The number of carbonyl (C=O) groups is 1. The van der Waals surface area contributed by atoms with Crippen LogP contribution in [0.1, 0.15) is 10.5 Å². The number of rotatable bonds is 4. The Balaban J connectivity index is 1.43. The normalized spacial score (nSPS) is 14.1. The van der Waals surface area contributed by atoms with E-state index in [1.807, 2.05) is 53.4 Å². The number of hydrogen-bond acceptors (Lipinski definition) is 4. The summed E-state index contributed by atoms with van der Waals surface area (Å²) in [6.45, 7) is 2.62. The van der Waals surface area contributed by atoms with Gasteiger partial charge in [-0.3, -0.25) is 4.79 Å². The Morgan fingerprint density at radius 2 is 1.72 bits per heavy atom. The first-order chi connectivity index (χ1) is 15.6. The van der Waals surface area contributed by atoms with E-state index in [0.29, 0.717) is 46.0 Å². The van der Waals surface area contributed by atoms with Crippen LogP contribution in [0.2, 0.25) is 10.0 Å². The van der Waals surface area contributed by atoms with Gasteiger partial charge in [0.2, 0.25) is 0 Å². The Bertz CT molecular complexity index is 1240. The summed E-state index contributed by atoms with van der Waals surface area (Å²) in [6, 6.07) is 20.5. The number of halogens is 2. The maximum absolute atomic E-state index is 13.5. The minimum absolute atomic E-state index is 0.0963. The second-order valence-corrected chi connectivity index (χ2v) is 8.36. The molecule has 5 rings (SSSR count). The highest BCUT2D eigenvalue weighted by molar-refractivity contribution is 6.32. The van der Waals surface area contributed by atoms with E-state index in [1.165, 1.54) is 0 Å². The average Bonchev–Trinajstić information content (AvgIpc) is 3.49. The summed E-state index contributed by atoms with van der Waals surface area (Å²) >= 11 is 12.6. The molecule has 2 aromatic heterocycles. The van der Waals surface area contributed by atoms with Crippen LogP contribution in [0.25, 0.3) is 17.1 Å². The van der Waals surface area contributed by atoms with Crippen molar-refractivity contribution in [3.63, 3.8) is 0 Å². The maximum Gasteiger partial charge on any atom is 0.272 e. The van der Waals surface area contributed by atoms with E-state index >= 15 is 0 Å². The molecule has 1 aliphatic rings. The van der Waals surface area contributed by atoms with E-state index in [-0.39, 0.29) is 5.91 Å². The third kappa shape index (κ3) is 3.99. The molecule has 8 heteroatoms. The molecule has 0 bridgehead atoms. The summed E-state index contributed by atoms with van der Waals surface area (Å²) in [5.41, 5.74) is 2.73. The SMILES string of the molecule is O=C(c1cc(-c2ccco2)nn1-c1ccccc1Cl)N1CCN(c2cccc(Cl)c2)CC1. The zero-order valence-corrected chi connectivity index (χ0v) is 18.6. The van der Waals surface area contributed by atoms with Crippen LogP contribution in [0.4, 0.5) is 5.69 Å². The molecule has 1 fully saturated rings. The third-order valence-electron chi connectivity index (χ3n) is 5.52.